The van der Waals surface area contributed by atoms with Gasteiger partial charge in [0.25, 0.3) is 0 Å². The molecule has 2 fully saturated rings. The molecule has 2 aliphatic heterocycles. The Bertz CT molecular complexity index is 246. The Kier molecular flexibility index (Phi) is 3.66. The fourth-order valence-electron chi connectivity index (χ4n) is 2.23. The Morgan fingerprint density at radius 1 is 1.50 bits per heavy atom. The Morgan fingerprint density at radius 2 is 2.25 bits per heavy atom. The molecule has 0 aromatic rings. The van der Waals surface area contributed by atoms with Crippen molar-refractivity contribution < 1.29 is 14.3 Å². The molecule has 5 nitrogen and oxygen atoms in total. The first-order valence-electron chi connectivity index (χ1n) is 5.91. The highest BCUT2D eigenvalue weighted by molar-refractivity contribution is 5.74. The Labute approximate surface area is 96.1 Å². The molecule has 1 unspecified atom stereocenters. The molecule has 0 spiro atoms. The van der Waals surface area contributed by atoms with Gasteiger partial charge >= 0.3 is 6.03 Å². The lowest BCUT2D eigenvalue weighted by Gasteiger charge is -2.27. The van der Waals surface area contributed by atoms with Gasteiger partial charge in [-0.1, -0.05) is 0 Å². The van der Waals surface area contributed by atoms with E-state index in [0.29, 0.717) is 19.8 Å². The van der Waals surface area contributed by atoms with Gasteiger partial charge in [0.1, 0.15) is 5.60 Å². The summed E-state index contributed by atoms with van der Waals surface area (Å²) in [5, 5.41) is 2.94. The lowest BCUT2D eigenvalue weighted by Crippen LogP contribution is -2.48. The summed E-state index contributed by atoms with van der Waals surface area (Å²) in [5.41, 5.74) is -0.310. The molecule has 0 aromatic carbocycles. The second-order valence-corrected chi connectivity index (χ2v) is 4.54. The molecular formula is C11H20N2O3. The van der Waals surface area contributed by atoms with Crippen LogP contribution in [0.1, 0.15) is 19.3 Å². The van der Waals surface area contributed by atoms with Gasteiger partial charge in [-0.2, -0.15) is 0 Å². The molecule has 0 bridgehead atoms. The van der Waals surface area contributed by atoms with E-state index in [1.165, 1.54) is 0 Å². The first-order valence-corrected chi connectivity index (χ1v) is 5.91. The summed E-state index contributed by atoms with van der Waals surface area (Å²) in [6.07, 6.45) is 3.09. The van der Waals surface area contributed by atoms with Crippen molar-refractivity contribution in [3.8, 4) is 0 Å². The highest BCUT2D eigenvalue weighted by atomic mass is 16.5. The van der Waals surface area contributed by atoms with Gasteiger partial charge < -0.3 is 19.7 Å². The van der Waals surface area contributed by atoms with E-state index in [0.717, 1.165) is 32.4 Å². The molecule has 0 saturated carbocycles. The van der Waals surface area contributed by atoms with Crippen molar-refractivity contribution in [2.24, 2.45) is 0 Å². The first kappa shape index (κ1) is 11.7. The van der Waals surface area contributed by atoms with E-state index in [-0.39, 0.29) is 11.6 Å². The van der Waals surface area contributed by atoms with Crippen LogP contribution in [0.2, 0.25) is 0 Å². The van der Waals surface area contributed by atoms with Crippen LogP contribution in [-0.4, -0.2) is 56.5 Å². The molecule has 16 heavy (non-hydrogen) atoms. The topological polar surface area (TPSA) is 50.8 Å². The van der Waals surface area contributed by atoms with Crippen molar-refractivity contribution in [3.63, 3.8) is 0 Å². The number of likely N-dealkylation sites (tertiary alicyclic amines) is 1. The van der Waals surface area contributed by atoms with Crippen LogP contribution in [-0.2, 0) is 9.47 Å². The number of carbonyl (C=O) groups excluding carboxylic acids is 1. The zero-order valence-electron chi connectivity index (χ0n) is 9.83. The predicted molar refractivity (Wildman–Crippen MR) is 59.4 cm³/mol. The van der Waals surface area contributed by atoms with Gasteiger partial charge in [0.15, 0.2) is 0 Å². The second-order valence-electron chi connectivity index (χ2n) is 4.54. The van der Waals surface area contributed by atoms with E-state index in [9.17, 15) is 4.79 Å². The van der Waals surface area contributed by atoms with E-state index in [1.807, 2.05) is 4.90 Å². The summed E-state index contributed by atoms with van der Waals surface area (Å²) in [6.45, 7) is 3.58. The quantitative estimate of drug-likeness (QED) is 0.769. The van der Waals surface area contributed by atoms with E-state index in [2.05, 4.69) is 5.32 Å². The van der Waals surface area contributed by atoms with Crippen LogP contribution < -0.4 is 5.32 Å². The maximum Gasteiger partial charge on any atom is 0.317 e. The van der Waals surface area contributed by atoms with Crippen LogP contribution in [0.3, 0.4) is 0 Å². The number of hydrogen-bond acceptors (Lipinski definition) is 3. The number of nitrogens with zero attached hydrogens (tertiary/aromatic N) is 1. The van der Waals surface area contributed by atoms with Gasteiger partial charge in [0, 0.05) is 33.2 Å². The number of amides is 2. The van der Waals surface area contributed by atoms with E-state index in [4.69, 9.17) is 9.47 Å². The number of ether oxygens (including phenoxy) is 2. The Morgan fingerprint density at radius 3 is 2.81 bits per heavy atom. The SMILES string of the molecule is COC1(CNC(=O)N2CCCC2)CCOC1. The van der Waals surface area contributed by atoms with E-state index in [1.54, 1.807) is 7.11 Å². The normalized spacial score (nSPS) is 29.7. The van der Waals surface area contributed by atoms with Gasteiger partial charge in [0.05, 0.1) is 13.2 Å². The number of methoxy groups -OCH3 is 1. The molecule has 0 aliphatic carbocycles. The Balaban J connectivity index is 1.79. The number of rotatable bonds is 3. The minimum Gasteiger partial charge on any atom is -0.378 e. The number of carbonyl (C=O) groups is 1. The third kappa shape index (κ3) is 2.47. The monoisotopic (exact) mass is 228 g/mol. The lowest BCUT2D eigenvalue weighted by molar-refractivity contribution is -0.0143. The van der Waals surface area contributed by atoms with Crippen molar-refractivity contribution in [3.05, 3.63) is 0 Å². The van der Waals surface area contributed by atoms with E-state index >= 15 is 0 Å². The molecule has 92 valence electrons. The van der Waals surface area contributed by atoms with Crippen molar-refractivity contribution in [2.45, 2.75) is 24.9 Å². The molecule has 0 radical (unpaired) electrons. The summed E-state index contributed by atoms with van der Waals surface area (Å²) < 4.78 is 10.8. The van der Waals surface area contributed by atoms with Gasteiger partial charge in [-0.3, -0.25) is 0 Å². The molecule has 0 aromatic heterocycles. The van der Waals surface area contributed by atoms with Crippen molar-refractivity contribution in [2.75, 3.05) is 40.0 Å². The molecule has 2 aliphatic rings. The molecular weight excluding hydrogens is 208 g/mol. The van der Waals surface area contributed by atoms with Crippen LogP contribution in [0.15, 0.2) is 0 Å². The first-order chi connectivity index (χ1) is 7.76. The van der Waals surface area contributed by atoms with Gasteiger partial charge in [-0.05, 0) is 12.8 Å². The highest BCUT2D eigenvalue weighted by Crippen LogP contribution is 2.21. The molecule has 2 amide bonds. The molecule has 2 saturated heterocycles. The fourth-order valence-corrected chi connectivity index (χ4v) is 2.23. The maximum atomic E-state index is 11.8. The maximum absolute atomic E-state index is 11.8. The minimum atomic E-state index is -0.310. The standard InChI is InChI=1S/C11H20N2O3/c1-15-11(4-7-16-9-11)8-12-10(14)13-5-2-3-6-13/h2-9H2,1H3,(H,12,14). The van der Waals surface area contributed by atoms with Crippen LogP contribution >= 0.6 is 0 Å². The molecule has 2 heterocycles. The van der Waals surface area contributed by atoms with Gasteiger partial charge in [-0.25, -0.2) is 4.79 Å². The minimum absolute atomic E-state index is 0.0285. The zero-order valence-corrected chi connectivity index (χ0v) is 9.83. The average Bonchev–Trinajstić information content (AvgIpc) is 2.98. The zero-order chi connectivity index (χ0) is 11.4. The molecule has 2 rings (SSSR count). The number of hydrogen-bond donors (Lipinski definition) is 1. The lowest BCUT2D eigenvalue weighted by atomic mass is 10.0. The summed E-state index contributed by atoms with van der Waals surface area (Å²) >= 11 is 0. The second kappa shape index (κ2) is 5.01. The average molecular weight is 228 g/mol. The van der Waals surface area contributed by atoms with Crippen molar-refractivity contribution in [1.29, 1.82) is 0 Å². The van der Waals surface area contributed by atoms with Gasteiger partial charge in [0.2, 0.25) is 0 Å². The third-order valence-electron chi connectivity index (χ3n) is 3.46. The summed E-state index contributed by atoms with van der Waals surface area (Å²) in [6, 6.07) is 0.0285. The highest BCUT2D eigenvalue weighted by Gasteiger charge is 2.35. The van der Waals surface area contributed by atoms with Crippen molar-refractivity contribution in [1.82, 2.24) is 10.2 Å². The number of urea groups is 1. The third-order valence-corrected chi connectivity index (χ3v) is 3.46. The van der Waals surface area contributed by atoms with E-state index < -0.39 is 0 Å². The Hall–Kier alpha value is -0.810. The summed E-state index contributed by atoms with van der Waals surface area (Å²) in [5.74, 6) is 0. The van der Waals surface area contributed by atoms with Gasteiger partial charge in [-0.15, -0.1) is 0 Å². The smallest absolute Gasteiger partial charge is 0.317 e. The predicted octanol–water partition coefficient (Wildman–Crippen LogP) is 0.597. The fraction of sp³-hybridized carbons (Fsp3) is 0.909. The van der Waals surface area contributed by atoms with Crippen LogP contribution in [0, 0.1) is 0 Å². The van der Waals surface area contributed by atoms with Crippen LogP contribution in [0.5, 0.6) is 0 Å². The molecule has 5 heteroatoms. The van der Waals surface area contributed by atoms with Crippen LogP contribution in [0.25, 0.3) is 0 Å². The number of nitrogens with one attached hydrogen (secondary N) is 1. The summed E-state index contributed by atoms with van der Waals surface area (Å²) in [4.78, 5) is 13.6. The van der Waals surface area contributed by atoms with Crippen LogP contribution in [0.4, 0.5) is 4.79 Å². The largest absolute Gasteiger partial charge is 0.378 e. The summed E-state index contributed by atoms with van der Waals surface area (Å²) in [7, 11) is 1.68. The molecule has 1 N–H and O–H groups in total. The van der Waals surface area contributed by atoms with Crippen molar-refractivity contribution >= 4 is 6.03 Å². The molecule has 1 atom stereocenters.